The zero-order valence-electron chi connectivity index (χ0n) is 12.4. The molecular formula is C14H20Cl3N5O. The lowest BCUT2D eigenvalue weighted by molar-refractivity contribution is 0.148. The van der Waals surface area contributed by atoms with Crippen molar-refractivity contribution in [1.29, 1.82) is 0 Å². The van der Waals surface area contributed by atoms with Crippen molar-refractivity contribution >= 4 is 36.4 Å². The number of hydrogen-bond acceptors (Lipinski definition) is 6. The number of piperazine rings is 1. The first kappa shape index (κ1) is 20.2. The monoisotopic (exact) mass is 379 g/mol. The molecule has 1 aromatic carbocycles. The summed E-state index contributed by atoms with van der Waals surface area (Å²) in [5.74, 6) is 1.13. The summed E-state index contributed by atoms with van der Waals surface area (Å²) in [7, 11) is 0. The molecule has 9 heteroatoms. The number of nitrogens with zero attached hydrogens (tertiary/aromatic N) is 3. The summed E-state index contributed by atoms with van der Waals surface area (Å²) >= 11 is 6.33. The predicted molar refractivity (Wildman–Crippen MR) is 94.2 cm³/mol. The highest BCUT2D eigenvalue weighted by Crippen LogP contribution is 2.29. The van der Waals surface area contributed by atoms with Gasteiger partial charge in [-0.15, -0.1) is 24.8 Å². The molecule has 0 saturated carbocycles. The number of aromatic nitrogens is 2. The summed E-state index contributed by atoms with van der Waals surface area (Å²) in [5, 5.41) is 8.16. The molecule has 0 aliphatic carbocycles. The van der Waals surface area contributed by atoms with E-state index in [0.717, 1.165) is 30.2 Å². The second-order valence-electron chi connectivity index (χ2n) is 5.02. The van der Waals surface area contributed by atoms with Gasteiger partial charge in [0.25, 0.3) is 0 Å². The van der Waals surface area contributed by atoms with Gasteiger partial charge in [-0.2, -0.15) is 4.98 Å². The molecule has 1 aromatic heterocycles. The summed E-state index contributed by atoms with van der Waals surface area (Å²) in [4.78, 5) is 6.58. The van der Waals surface area contributed by atoms with Crippen molar-refractivity contribution in [3.05, 3.63) is 46.6 Å². The SMILES string of the molecule is Cl.Cl.NCc1nc(CN2CCNCC2c2ccccc2Cl)no1. The number of rotatable bonds is 4. The molecule has 0 spiro atoms. The molecule has 0 amide bonds. The number of hydrogen-bond donors (Lipinski definition) is 2. The van der Waals surface area contributed by atoms with Gasteiger partial charge < -0.3 is 15.6 Å². The molecule has 1 unspecified atom stereocenters. The average molecular weight is 381 g/mol. The largest absolute Gasteiger partial charge is 0.338 e. The molecule has 3 N–H and O–H groups in total. The van der Waals surface area contributed by atoms with Crippen LogP contribution in [0.5, 0.6) is 0 Å². The van der Waals surface area contributed by atoms with Gasteiger partial charge in [-0.25, -0.2) is 0 Å². The molecule has 1 saturated heterocycles. The summed E-state index contributed by atoms with van der Waals surface area (Å²) in [5.41, 5.74) is 6.62. The lowest BCUT2D eigenvalue weighted by Crippen LogP contribution is -2.45. The zero-order chi connectivity index (χ0) is 14.7. The van der Waals surface area contributed by atoms with Gasteiger partial charge in [-0.3, -0.25) is 4.90 Å². The van der Waals surface area contributed by atoms with E-state index < -0.39 is 0 Å². The Morgan fingerprint density at radius 2 is 2.13 bits per heavy atom. The highest BCUT2D eigenvalue weighted by atomic mass is 35.5. The van der Waals surface area contributed by atoms with Crippen LogP contribution in [0.1, 0.15) is 23.3 Å². The molecule has 128 valence electrons. The molecule has 0 bridgehead atoms. The van der Waals surface area contributed by atoms with Crippen LogP contribution in [0, 0.1) is 0 Å². The topological polar surface area (TPSA) is 80.2 Å². The Labute approximate surface area is 152 Å². The van der Waals surface area contributed by atoms with Crippen molar-refractivity contribution in [1.82, 2.24) is 20.4 Å². The minimum absolute atomic E-state index is 0. The summed E-state index contributed by atoms with van der Waals surface area (Å²) in [6.07, 6.45) is 0. The van der Waals surface area contributed by atoms with Crippen LogP contribution in [-0.4, -0.2) is 34.7 Å². The number of nitrogens with one attached hydrogen (secondary N) is 1. The minimum Gasteiger partial charge on any atom is -0.338 e. The molecule has 1 aliphatic rings. The van der Waals surface area contributed by atoms with Gasteiger partial charge in [0.05, 0.1) is 13.1 Å². The van der Waals surface area contributed by atoms with Gasteiger partial charge in [-0.1, -0.05) is 35.0 Å². The standard InChI is InChI=1S/C14H18ClN5O.2ClH/c15-11-4-2-1-3-10(11)12-8-17-5-6-20(12)9-13-18-14(7-16)21-19-13;;/h1-4,12,17H,5-9,16H2;2*1H. The quantitative estimate of drug-likeness (QED) is 0.846. The van der Waals surface area contributed by atoms with Crippen molar-refractivity contribution < 1.29 is 4.52 Å². The second kappa shape index (κ2) is 9.42. The van der Waals surface area contributed by atoms with Gasteiger partial charge in [0.1, 0.15) is 0 Å². The van der Waals surface area contributed by atoms with Crippen LogP contribution in [0.2, 0.25) is 5.02 Å². The molecule has 23 heavy (non-hydrogen) atoms. The van der Waals surface area contributed by atoms with Crippen LogP contribution in [-0.2, 0) is 13.1 Å². The van der Waals surface area contributed by atoms with Gasteiger partial charge in [-0.05, 0) is 11.6 Å². The van der Waals surface area contributed by atoms with E-state index in [9.17, 15) is 0 Å². The normalized spacial score (nSPS) is 18.1. The molecule has 2 heterocycles. The maximum atomic E-state index is 6.33. The van der Waals surface area contributed by atoms with Gasteiger partial charge in [0.15, 0.2) is 5.82 Å². The Hall–Kier alpha value is -0.890. The van der Waals surface area contributed by atoms with Crippen LogP contribution in [0.3, 0.4) is 0 Å². The third-order valence-electron chi connectivity index (χ3n) is 3.65. The first-order chi connectivity index (χ1) is 10.3. The smallest absolute Gasteiger partial charge is 0.240 e. The van der Waals surface area contributed by atoms with Crippen molar-refractivity contribution in [3.63, 3.8) is 0 Å². The summed E-state index contributed by atoms with van der Waals surface area (Å²) in [6.45, 7) is 3.58. The van der Waals surface area contributed by atoms with Crippen molar-refractivity contribution in [2.45, 2.75) is 19.1 Å². The highest BCUT2D eigenvalue weighted by Gasteiger charge is 2.26. The third kappa shape index (κ3) is 4.79. The molecule has 3 rings (SSSR count). The summed E-state index contributed by atoms with van der Waals surface area (Å²) in [6, 6.07) is 8.14. The fourth-order valence-corrected chi connectivity index (χ4v) is 2.87. The second-order valence-corrected chi connectivity index (χ2v) is 5.43. The Morgan fingerprint density at radius 1 is 1.35 bits per heavy atom. The lowest BCUT2D eigenvalue weighted by atomic mass is 10.0. The van der Waals surface area contributed by atoms with E-state index in [1.807, 2.05) is 18.2 Å². The van der Waals surface area contributed by atoms with Crippen LogP contribution in [0.4, 0.5) is 0 Å². The van der Waals surface area contributed by atoms with E-state index in [0.29, 0.717) is 18.3 Å². The van der Waals surface area contributed by atoms with Crippen LogP contribution >= 0.6 is 36.4 Å². The van der Waals surface area contributed by atoms with Crippen molar-refractivity contribution in [2.24, 2.45) is 5.73 Å². The minimum atomic E-state index is 0. The molecule has 1 aliphatic heterocycles. The van der Waals surface area contributed by atoms with Crippen molar-refractivity contribution in [2.75, 3.05) is 19.6 Å². The fourth-order valence-electron chi connectivity index (χ4n) is 2.61. The number of halogens is 3. The maximum Gasteiger partial charge on any atom is 0.240 e. The van der Waals surface area contributed by atoms with Crippen LogP contribution in [0.15, 0.2) is 28.8 Å². The van der Waals surface area contributed by atoms with E-state index in [1.165, 1.54) is 0 Å². The van der Waals surface area contributed by atoms with E-state index in [4.69, 9.17) is 21.9 Å². The lowest BCUT2D eigenvalue weighted by Gasteiger charge is -2.36. The molecule has 1 fully saturated rings. The Balaban J connectivity index is 0.00000132. The Morgan fingerprint density at radius 3 is 2.83 bits per heavy atom. The van der Waals surface area contributed by atoms with Crippen LogP contribution in [0.25, 0.3) is 0 Å². The molecule has 2 aromatic rings. The van der Waals surface area contributed by atoms with E-state index in [1.54, 1.807) is 0 Å². The molecule has 1 atom stereocenters. The fraction of sp³-hybridized carbons (Fsp3) is 0.429. The predicted octanol–water partition coefficient (Wildman–Crippen LogP) is 2.17. The van der Waals surface area contributed by atoms with Crippen LogP contribution < -0.4 is 11.1 Å². The van der Waals surface area contributed by atoms with Gasteiger partial charge in [0.2, 0.25) is 5.89 Å². The Bertz CT molecular complexity index is 610. The summed E-state index contributed by atoms with van der Waals surface area (Å²) < 4.78 is 5.07. The molecule has 6 nitrogen and oxygen atoms in total. The first-order valence-electron chi connectivity index (χ1n) is 6.98. The van der Waals surface area contributed by atoms with E-state index in [2.05, 4.69) is 26.4 Å². The zero-order valence-corrected chi connectivity index (χ0v) is 14.8. The Kier molecular flexibility index (Phi) is 8.25. The first-order valence-corrected chi connectivity index (χ1v) is 7.36. The third-order valence-corrected chi connectivity index (χ3v) is 3.99. The van der Waals surface area contributed by atoms with E-state index >= 15 is 0 Å². The highest BCUT2D eigenvalue weighted by molar-refractivity contribution is 6.31. The van der Waals surface area contributed by atoms with Gasteiger partial charge >= 0.3 is 0 Å². The molecular weight excluding hydrogens is 361 g/mol. The van der Waals surface area contributed by atoms with Gasteiger partial charge in [0, 0.05) is 30.7 Å². The van der Waals surface area contributed by atoms with Crippen molar-refractivity contribution in [3.8, 4) is 0 Å². The van der Waals surface area contributed by atoms with E-state index in [-0.39, 0.29) is 37.4 Å². The average Bonchev–Trinajstić information content (AvgIpc) is 2.96. The molecule has 0 radical (unpaired) electrons. The number of nitrogens with two attached hydrogens (primary N) is 1. The maximum absolute atomic E-state index is 6.33. The number of benzene rings is 1.